The molecule has 0 aromatic heterocycles. The van der Waals surface area contributed by atoms with Crippen molar-refractivity contribution < 1.29 is 14.2 Å². The van der Waals surface area contributed by atoms with Crippen molar-refractivity contribution in [2.45, 2.75) is 44.9 Å². The highest BCUT2D eigenvalue weighted by Gasteiger charge is 2.37. The van der Waals surface area contributed by atoms with Crippen molar-refractivity contribution in [3.8, 4) is 0 Å². The highest BCUT2D eigenvalue weighted by Crippen LogP contribution is 2.30. The number of hydrogen-bond donors (Lipinski definition) is 1. The first-order valence-corrected chi connectivity index (χ1v) is 10.3. The molecular formula is C23H29ClFNO2. The molecule has 0 bridgehead atoms. The van der Waals surface area contributed by atoms with Gasteiger partial charge in [-0.2, -0.15) is 0 Å². The maximum absolute atomic E-state index is 14.1. The van der Waals surface area contributed by atoms with Crippen LogP contribution in [0.25, 0.3) is 0 Å². The van der Waals surface area contributed by atoms with Gasteiger partial charge in [-0.3, -0.25) is 4.90 Å². The van der Waals surface area contributed by atoms with Gasteiger partial charge in [0.2, 0.25) is 0 Å². The van der Waals surface area contributed by atoms with Gasteiger partial charge in [-0.05, 0) is 43.4 Å². The predicted octanol–water partition coefficient (Wildman–Crippen LogP) is 4.70. The molecule has 2 aromatic rings. The van der Waals surface area contributed by atoms with Gasteiger partial charge in [0.15, 0.2) is 0 Å². The fraction of sp³-hybridized carbons (Fsp3) is 0.478. The molecule has 5 heteroatoms. The zero-order valence-corrected chi connectivity index (χ0v) is 17.3. The second-order valence-electron chi connectivity index (χ2n) is 8.15. The van der Waals surface area contributed by atoms with Crippen molar-refractivity contribution in [2.24, 2.45) is 5.92 Å². The summed E-state index contributed by atoms with van der Waals surface area (Å²) < 4.78 is 20.0. The molecule has 2 aromatic carbocycles. The zero-order valence-electron chi connectivity index (χ0n) is 16.6. The number of rotatable bonds is 7. The van der Waals surface area contributed by atoms with E-state index < -0.39 is 5.60 Å². The van der Waals surface area contributed by atoms with Crippen molar-refractivity contribution in [3.05, 3.63) is 70.5 Å². The van der Waals surface area contributed by atoms with E-state index in [9.17, 15) is 9.50 Å². The van der Waals surface area contributed by atoms with Gasteiger partial charge in [-0.25, -0.2) is 4.39 Å². The van der Waals surface area contributed by atoms with Gasteiger partial charge >= 0.3 is 0 Å². The van der Waals surface area contributed by atoms with Crippen molar-refractivity contribution in [1.82, 2.24) is 4.90 Å². The molecule has 1 aliphatic heterocycles. The third kappa shape index (κ3) is 5.54. The minimum Gasteiger partial charge on any atom is -0.387 e. The number of hydrogen-bond acceptors (Lipinski definition) is 3. The normalized spacial score (nSPS) is 21.2. The van der Waals surface area contributed by atoms with Crippen LogP contribution in [0.1, 0.15) is 31.4 Å². The molecular weight excluding hydrogens is 377 g/mol. The summed E-state index contributed by atoms with van der Waals surface area (Å²) in [5.41, 5.74) is 0.778. The lowest BCUT2D eigenvalue weighted by atomic mass is 9.84. The molecule has 1 saturated heterocycles. The summed E-state index contributed by atoms with van der Waals surface area (Å²) in [7, 11) is 0. The van der Waals surface area contributed by atoms with Gasteiger partial charge in [0.05, 0.1) is 18.3 Å². The molecule has 1 heterocycles. The van der Waals surface area contributed by atoms with Gasteiger partial charge in [0.25, 0.3) is 0 Å². The standard InChI is InChI=1S/C23H29ClFNO2/c1-17(13-19-20(24)9-6-10-21(19)25)14-23(2,27)22-16-26(11-12-28-22)15-18-7-4-3-5-8-18/h3-10,17,22,27H,11-16H2,1-2H3. The third-order valence-electron chi connectivity index (χ3n) is 5.47. The van der Waals surface area contributed by atoms with E-state index in [-0.39, 0.29) is 17.8 Å². The highest BCUT2D eigenvalue weighted by atomic mass is 35.5. The van der Waals surface area contributed by atoms with E-state index in [0.29, 0.717) is 36.6 Å². The Bertz CT molecular complexity index is 748. The van der Waals surface area contributed by atoms with E-state index in [2.05, 4.69) is 17.0 Å². The number of halogens is 2. The first kappa shape index (κ1) is 21.3. The van der Waals surface area contributed by atoms with Crippen LogP contribution in [0, 0.1) is 11.7 Å². The molecule has 3 rings (SSSR count). The Kier molecular flexibility index (Phi) is 7.10. The Morgan fingerprint density at radius 2 is 2.00 bits per heavy atom. The Morgan fingerprint density at radius 1 is 1.25 bits per heavy atom. The monoisotopic (exact) mass is 405 g/mol. The topological polar surface area (TPSA) is 32.7 Å². The Morgan fingerprint density at radius 3 is 2.71 bits per heavy atom. The van der Waals surface area contributed by atoms with Crippen LogP contribution in [0.3, 0.4) is 0 Å². The summed E-state index contributed by atoms with van der Waals surface area (Å²) >= 11 is 6.16. The van der Waals surface area contributed by atoms with E-state index in [1.54, 1.807) is 12.1 Å². The molecule has 0 aliphatic carbocycles. The molecule has 0 radical (unpaired) electrons. The maximum Gasteiger partial charge on any atom is 0.127 e. The lowest BCUT2D eigenvalue weighted by Gasteiger charge is -2.41. The molecule has 3 atom stereocenters. The smallest absolute Gasteiger partial charge is 0.127 e. The van der Waals surface area contributed by atoms with Crippen LogP contribution in [0.2, 0.25) is 5.02 Å². The largest absolute Gasteiger partial charge is 0.387 e. The van der Waals surface area contributed by atoms with Crippen LogP contribution in [0.4, 0.5) is 4.39 Å². The van der Waals surface area contributed by atoms with Crippen LogP contribution < -0.4 is 0 Å². The third-order valence-corrected chi connectivity index (χ3v) is 5.82. The summed E-state index contributed by atoms with van der Waals surface area (Å²) in [5, 5.41) is 11.6. The summed E-state index contributed by atoms with van der Waals surface area (Å²) in [6.07, 6.45) is 0.729. The molecule has 0 spiro atoms. The molecule has 1 fully saturated rings. The summed E-state index contributed by atoms with van der Waals surface area (Å²) in [4.78, 5) is 2.32. The van der Waals surface area contributed by atoms with Crippen molar-refractivity contribution in [3.63, 3.8) is 0 Å². The molecule has 0 saturated carbocycles. The second kappa shape index (κ2) is 9.36. The van der Waals surface area contributed by atoms with Gasteiger partial charge in [0, 0.05) is 30.2 Å². The number of ether oxygens (including phenoxy) is 1. The zero-order chi connectivity index (χ0) is 20.1. The maximum atomic E-state index is 14.1. The summed E-state index contributed by atoms with van der Waals surface area (Å²) in [5.74, 6) is -0.223. The van der Waals surface area contributed by atoms with Crippen molar-refractivity contribution in [2.75, 3.05) is 19.7 Å². The van der Waals surface area contributed by atoms with Crippen LogP contribution in [-0.2, 0) is 17.7 Å². The van der Waals surface area contributed by atoms with Gasteiger partial charge < -0.3 is 9.84 Å². The number of aliphatic hydroxyl groups is 1. The van der Waals surface area contributed by atoms with Crippen molar-refractivity contribution in [1.29, 1.82) is 0 Å². The minimum absolute atomic E-state index is 0.0671. The first-order chi connectivity index (χ1) is 13.3. The fourth-order valence-electron chi connectivity index (χ4n) is 4.05. The Hall–Kier alpha value is -1.46. The lowest BCUT2D eigenvalue weighted by Crippen LogP contribution is -2.53. The summed E-state index contributed by atoms with van der Waals surface area (Å²) in [6, 6.07) is 15.1. The van der Waals surface area contributed by atoms with E-state index in [4.69, 9.17) is 16.3 Å². The van der Waals surface area contributed by atoms with Gasteiger partial charge in [0.1, 0.15) is 5.82 Å². The van der Waals surface area contributed by atoms with E-state index in [1.807, 2.05) is 32.0 Å². The number of morpholine rings is 1. The van der Waals surface area contributed by atoms with Crippen molar-refractivity contribution >= 4 is 11.6 Å². The fourth-order valence-corrected chi connectivity index (χ4v) is 4.29. The number of nitrogens with zero attached hydrogens (tertiary/aromatic N) is 1. The SMILES string of the molecule is CC(Cc1c(F)cccc1Cl)CC(C)(O)C1CN(Cc2ccccc2)CCO1. The molecule has 152 valence electrons. The average molecular weight is 406 g/mol. The van der Waals surface area contributed by atoms with E-state index >= 15 is 0 Å². The Balaban J connectivity index is 1.59. The van der Waals surface area contributed by atoms with Crippen LogP contribution in [0.15, 0.2) is 48.5 Å². The van der Waals surface area contributed by atoms with Crippen LogP contribution >= 0.6 is 11.6 Å². The van der Waals surface area contributed by atoms with Gasteiger partial charge in [-0.1, -0.05) is 54.9 Å². The average Bonchev–Trinajstić information content (AvgIpc) is 2.65. The Labute approximate surface area is 172 Å². The molecule has 1 N–H and O–H groups in total. The molecule has 1 aliphatic rings. The highest BCUT2D eigenvalue weighted by molar-refractivity contribution is 6.31. The van der Waals surface area contributed by atoms with Gasteiger partial charge in [-0.15, -0.1) is 0 Å². The molecule has 0 amide bonds. The van der Waals surface area contributed by atoms with Crippen LogP contribution in [0.5, 0.6) is 0 Å². The van der Waals surface area contributed by atoms with Crippen LogP contribution in [-0.4, -0.2) is 41.4 Å². The lowest BCUT2D eigenvalue weighted by molar-refractivity contribution is -0.144. The summed E-state index contributed by atoms with van der Waals surface area (Å²) in [6.45, 7) is 6.81. The minimum atomic E-state index is -0.994. The quantitative estimate of drug-likeness (QED) is 0.724. The second-order valence-corrected chi connectivity index (χ2v) is 8.56. The van der Waals surface area contributed by atoms with E-state index in [1.165, 1.54) is 11.6 Å². The number of benzene rings is 2. The predicted molar refractivity (Wildman–Crippen MR) is 111 cm³/mol. The molecule has 3 nitrogen and oxygen atoms in total. The van der Waals surface area contributed by atoms with E-state index in [0.717, 1.165) is 13.1 Å². The molecule has 3 unspecified atom stereocenters. The molecule has 28 heavy (non-hydrogen) atoms. The first-order valence-electron chi connectivity index (χ1n) is 9.88.